The van der Waals surface area contributed by atoms with Crippen LogP contribution in [0.15, 0.2) is 18.2 Å². The fourth-order valence-electron chi connectivity index (χ4n) is 3.07. The molecule has 1 saturated heterocycles. The van der Waals surface area contributed by atoms with Crippen LogP contribution in [0, 0.1) is 11.7 Å². The van der Waals surface area contributed by atoms with Crippen LogP contribution >= 0.6 is 0 Å². The molecule has 108 valence electrons. The van der Waals surface area contributed by atoms with Crippen molar-refractivity contribution in [2.75, 3.05) is 13.1 Å². The van der Waals surface area contributed by atoms with Gasteiger partial charge < -0.3 is 9.88 Å². The SMILES string of the molecule is CC(C)Cn1c(C2CCNCC2)nc2cc(F)ccc21. The van der Waals surface area contributed by atoms with Gasteiger partial charge in [0.1, 0.15) is 11.6 Å². The van der Waals surface area contributed by atoms with E-state index in [9.17, 15) is 4.39 Å². The number of nitrogens with zero attached hydrogens (tertiary/aromatic N) is 2. The first-order valence-electron chi connectivity index (χ1n) is 7.51. The van der Waals surface area contributed by atoms with Crippen molar-refractivity contribution in [2.24, 2.45) is 5.92 Å². The lowest BCUT2D eigenvalue weighted by Gasteiger charge is -2.23. The molecule has 1 aromatic heterocycles. The summed E-state index contributed by atoms with van der Waals surface area (Å²) in [6, 6.07) is 4.95. The molecule has 2 heterocycles. The summed E-state index contributed by atoms with van der Waals surface area (Å²) < 4.78 is 15.7. The van der Waals surface area contributed by atoms with Gasteiger partial charge in [-0.05, 0) is 44.0 Å². The van der Waals surface area contributed by atoms with Crippen molar-refractivity contribution in [3.63, 3.8) is 0 Å². The van der Waals surface area contributed by atoms with Gasteiger partial charge in [-0.2, -0.15) is 0 Å². The highest BCUT2D eigenvalue weighted by atomic mass is 19.1. The Bertz CT molecular complexity index is 597. The van der Waals surface area contributed by atoms with Crippen LogP contribution in [0.2, 0.25) is 0 Å². The Labute approximate surface area is 119 Å². The zero-order chi connectivity index (χ0) is 14.1. The first-order chi connectivity index (χ1) is 9.65. The van der Waals surface area contributed by atoms with Gasteiger partial charge >= 0.3 is 0 Å². The van der Waals surface area contributed by atoms with E-state index in [2.05, 4.69) is 23.7 Å². The minimum Gasteiger partial charge on any atom is -0.327 e. The summed E-state index contributed by atoms with van der Waals surface area (Å²) in [5, 5.41) is 3.39. The van der Waals surface area contributed by atoms with E-state index >= 15 is 0 Å². The van der Waals surface area contributed by atoms with Crippen molar-refractivity contribution < 1.29 is 4.39 Å². The first kappa shape index (κ1) is 13.6. The number of halogens is 1. The highest BCUT2D eigenvalue weighted by Crippen LogP contribution is 2.29. The summed E-state index contributed by atoms with van der Waals surface area (Å²) >= 11 is 0. The molecule has 1 aliphatic rings. The summed E-state index contributed by atoms with van der Waals surface area (Å²) in [5.74, 6) is 1.98. The predicted molar refractivity (Wildman–Crippen MR) is 79.4 cm³/mol. The summed E-state index contributed by atoms with van der Waals surface area (Å²) in [5.41, 5.74) is 1.85. The van der Waals surface area contributed by atoms with Crippen molar-refractivity contribution in [1.29, 1.82) is 0 Å². The fraction of sp³-hybridized carbons (Fsp3) is 0.562. The molecule has 0 saturated carbocycles. The lowest BCUT2D eigenvalue weighted by molar-refractivity contribution is 0.419. The molecule has 1 aliphatic heterocycles. The Balaban J connectivity index is 2.08. The monoisotopic (exact) mass is 275 g/mol. The quantitative estimate of drug-likeness (QED) is 0.931. The van der Waals surface area contributed by atoms with E-state index in [0.29, 0.717) is 11.8 Å². The molecule has 0 amide bonds. The molecule has 0 atom stereocenters. The predicted octanol–water partition coefficient (Wildman–Crippen LogP) is 3.30. The molecule has 0 unspecified atom stereocenters. The number of rotatable bonds is 3. The van der Waals surface area contributed by atoms with Crippen LogP contribution < -0.4 is 5.32 Å². The molecule has 0 spiro atoms. The van der Waals surface area contributed by atoms with E-state index in [4.69, 9.17) is 4.98 Å². The van der Waals surface area contributed by atoms with E-state index < -0.39 is 0 Å². The third-order valence-corrected chi connectivity index (χ3v) is 3.99. The second kappa shape index (κ2) is 5.52. The van der Waals surface area contributed by atoms with Gasteiger partial charge in [0.2, 0.25) is 0 Å². The van der Waals surface area contributed by atoms with Crippen molar-refractivity contribution in [2.45, 2.75) is 39.2 Å². The highest BCUT2D eigenvalue weighted by molar-refractivity contribution is 5.76. The van der Waals surface area contributed by atoms with Gasteiger partial charge in [-0.25, -0.2) is 9.37 Å². The summed E-state index contributed by atoms with van der Waals surface area (Å²) in [6.45, 7) is 7.46. The molecule has 3 nitrogen and oxygen atoms in total. The molecule has 1 N–H and O–H groups in total. The van der Waals surface area contributed by atoms with Crippen LogP contribution in [0.25, 0.3) is 11.0 Å². The van der Waals surface area contributed by atoms with Gasteiger partial charge in [-0.1, -0.05) is 13.8 Å². The maximum Gasteiger partial charge on any atom is 0.125 e. The van der Waals surface area contributed by atoms with Crippen LogP contribution in [0.5, 0.6) is 0 Å². The van der Waals surface area contributed by atoms with Crippen LogP contribution in [0.3, 0.4) is 0 Å². The van der Waals surface area contributed by atoms with Crippen LogP contribution in [-0.2, 0) is 6.54 Å². The average molecular weight is 275 g/mol. The number of hydrogen-bond acceptors (Lipinski definition) is 2. The number of fused-ring (bicyclic) bond motifs is 1. The molecule has 1 aromatic carbocycles. The summed E-state index contributed by atoms with van der Waals surface area (Å²) in [6.07, 6.45) is 2.23. The Kier molecular flexibility index (Phi) is 3.74. The van der Waals surface area contributed by atoms with Gasteiger partial charge in [0.15, 0.2) is 0 Å². The fourth-order valence-corrected chi connectivity index (χ4v) is 3.07. The molecular weight excluding hydrogens is 253 g/mol. The molecule has 2 aromatic rings. The molecule has 3 rings (SSSR count). The number of aromatic nitrogens is 2. The molecule has 0 radical (unpaired) electrons. The maximum absolute atomic E-state index is 13.4. The number of benzene rings is 1. The summed E-state index contributed by atoms with van der Waals surface area (Å²) in [4.78, 5) is 4.75. The standard InChI is InChI=1S/C16H22FN3/c1-11(2)10-20-15-4-3-13(17)9-14(15)19-16(20)12-5-7-18-8-6-12/h3-4,9,11-12,18H,5-8,10H2,1-2H3. The lowest BCUT2D eigenvalue weighted by atomic mass is 9.97. The largest absolute Gasteiger partial charge is 0.327 e. The number of nitrogens with one attached hydrogen (secondary N) is 1. The molecule has 0 aliphatic carbocycles. The van der Waals surface area contributed by atoms with E-state index in [1.165, 1.54) is 6.07 Å². The van der Waals surface area contributed by atoms with E-state index in [1.54, 1.807) is 6.07 Å². The molecule has 0 bridgehead atoms. The topological polar surface area (TPSA) is 29.9 Å². The summed E-state index contributed by atoms with van der Waals surface area (Å²) in [7, 11) is 0. The molecular formula is C16H22FN3. The second-order valence-electron chi connectivity index (χ2n) is 6.13. The average Bonchev–Trinajstić information content (AvgIpc) is 2.77. The highest BCUT2D eigenvalue weighted by Gasteiger charge is 2.22. The first-order valence-corrected chi connectivity index (χ1v) is 7.51. The van der Waals surface area contributed by atoms with Gasteiger partial charge in [0.25, 0.3) is 0 Å². The van der Waals surface area contributed by atoms with Crippen LogP contribution in [-0.4, -0.2) is 22.6 Å². The molecule has 4 heteroatoms. The lowest BCUT2D eigenvalue weighted by Crippen LogP contribution is -2.28. The smallest absolute Gasteiger partial charge is 0.125 e. The van der Waals surface area contributed by atoms with E-state index in [1.807, 2.05) is 6.07 Å². The minimum absolute atomic E-state index is 0.205. The number of imidazole rings is 1. The van der Waals surface area contributed by atoms with Crippen molar-refractivity contribution in [3.8, 4) is 0 Å². The van der Waals surface area contributed by atoms with Gasteiger partial charge in [0, 0.05) is 18.5 Å². The van der Waals surface area contributed by atoms with Crippen molar-refractivity contribution >= 4 is 11.0 Å². The Morgan fingerprint density at radius 3 is 2.80 bits per heavy atom. The maximum atomic E-state index is 13.4. The zero-order valence-corrected chi connectivity index (χ0v) is 12.2. The van der Waals surface area contributed by atoms with Crippen molar-refractivity contribution in [3.05, 3.63) is 29.8 Å². The Morgan fingerprint density at radius 2 is 2.10 bits per heavy atom. The minimum atomic E-state index is -0.205. The van der Waals surface area contributed by atoms with Gasteiger partial charge in [-0.15, -0.1) is 0 Å². The van der Waals surface area contributed by atoms with Gasteiger partial charge in [0.05, 0.1) is 11.0 Å². The van der Waals surface area contributed by atoms with Crippen LogP contribution in [0.4, 0.5) is 4.39 Å². The normalized spacial score (nSPS) is 17.2. The third kappa shape index (κ3) is 2.57. The van der Waals surface area contributed by atoms with Crippen LogP contribution in [0.1, 0.15) is 38.4 Å². The van der Waals surface area contributed by atoms with E-state index in [-0.39, 0.29) is 5.82 Å². The Morgan fingerprint density at radius 1 is 1.35 bits per heavy atom. The van der Waals surface area contributed by atoms with E-state index in [0.717, 1.165) is 49.3 Å². The van der Waals surface area contributed by atoms with Crippen molar-refractivity contribution in [1.82, 2.24) is 14.9 Å². The zero-order valence-electron chi connectivity index (χ0n) is 12.2. The second-order valence-corrected chi connectivity index (χ2v) is 6.13. The Hall–Kier alpha value is -1.42. The molecule has 1 fully saturated rings. The van der Waals surface area contributed by atoms with Gasteiger partial charge in [-0.3, -0.25) is 0 Å². The third-order valence-electron chi connectivity index (χ3n) is 3.99. The number of piperidine rings is 1. The number of hydrogen-bond donors (Lipinski definition) is 1. The molecule has 20 heavy (non-hydrogen) atoms.